The number of rotatable bonds is 3. The Kier molecular flexibility index (Phi) is 3.99. The fourth-order valence-corrected chi connectivity index (χ4v) is 1.91. The van der Waals surface area contributed by atoms with E-state index in [9.17, 15) is 0 Å². The highest BCUT2D eigenvalue weighted by Gasteiger charge is 2.03. The molecule has 84 valence electrons. The predicted octanol–water partition coefficient (Wildman–Crippen LogP) is 3.74. The molecular weight excluding hydrogens is 325 g/mol. The van der Waals surface area contributed by atoms with E-state index in [1.807, 2.05) is 36.4 Å². The highest BCUT2D eigenvalue weighted by Crippen LogP contribution is 2.23. The smallest absolute Gasteiger partial charge is 0.134 e. The van der Waals surface area contributed by atoms with Crippen molar-refractivity contribution in [1.82, 2.24) is 0 Å². The van der Waals surface area contributed by atoms with Gasteiger partial charge in [0.15, 0.2) is 0 Å². The molecule has 0 amide bonds. The number of hydrogen-bond acceptors (Lipinski definition) is 2. The van der Waals surface area contributed by atoms with Crippen molar-refractivity contribution in [2.75, 3.05) is 0 Å². The minimum absolute atomic E-state index is 0.520. The van der Waals surface area contributed by atoms with Gasteiger partial charge in [-0.05, 0) is 46.4 Å². The van der Waals surface area contributed by atoms with E-state index < -0.39 is 0 Å². The van der Waals surface area contributed by atoms with Crippen LogP contribution in [0.1, 0.15) is 11.1 Å². The highest BCUT2D eigenvalue weighted by molar-refractivity contribution is 14.1. The molecule has 2 rings (SSSR count). The zero-order valence-corrected chi connectivity index (χ0v) is 11.2. The van der Waals surface area contributed by atoms with Crippen LogP contribution in [0.3, 0.4) is 0 Å². The number of hydrogen-bond donors (Lipinski definition) is 0. The van der Waals surface area contributed by atoms with Gasteiger partial charge in [0.2, 0.25) is 0 Å². The molecule has 0 heterocycles. The van der Waals surface area contributed by atoms with E-state index in [1.165, 1.54) is 0 Å². The van der Waals surface area contributed by atoms with Crippen molar-refractivity contribution in [1.29, 1.82) is 5.26 Å². The Labute approximate surface area is 114 Å². The van der Waals surface area contributed by atoms with E-state index in [4.69, 9.17) is 10.00 Å². The molecule has 0 saturated carbocycles. The number of ether oxygens (including phenoxy) is 1. The Morgan fingerprint density at radius 1 is 1.12 bits per heavy atom. The number of nitriles is 1. The zero-order valence-electron chi connectivity index (χ0n) is 9.06. The SMILES string of the molecule is N#Cc1ccc(I)c(OCc2ccccc2)c1. The van der Waals surface area contributed by atoms with Gasteiger partial charge in [0.25, 0.3) is 0 Å². The molecule has 0 radical (unpaired) electrons. The van der Waals surface area contributed by atoms with E-state index in [0.29, 0.717) is 12.2 Å². The Bertz CT molecular complexity index is 546. The topological polar surface area (TPSA) is 33.0 Å². The van der Waals surface area contributed by atoms with Crippen LogP contribution in [0.4, 0.5) is 0 Å². The van der Waals surface area contributed by atoms with Crippen molar-refractivity contribution >= 4 is 22.6 Å². The molecule has 0 aliphatic rings. The maximum atomic E-state index is 8.83. The van der Waals surface area contributed by atoms with Crippen LogP contribution in [0.2, 0.25) is 0 Å². The van der Waals surface area contributed by atoms with Gasteiger partial charge in [-0.1, -0.05) is 30.3 Å². The summed E-state index contributed by atoms with van der Waals surface area (Å²) >= 11 is 2.20. The van der Waals surface area contributed by atoms with Gasteiger partial charge in [-0.15, -0.1) is 0 Å². The Balaban J connectivity index is 2.12. The maximum absolute atomic E-state index is 8.83. The molecule has 0 atom stereocenters. The van der Waals surface area contributed by atoms with Crippen molar-refractivity contribution < 1.29 is 4.74 Å². The van der Waals surface area contributed by atoms with Gasteiger partial charge in [-0.3, -0.25) is 0 Å². The fraction of sp³-hybridized carbons (Fsp3) is 0.0714. The molecule has 0 aromatic heterocycles. The van der Waals surface area contributed by atoms with Crippen molar-refractivity contribution in [2.24, 2.45) is 0 Å². The summed E-state index contributed by atoms with van der Waals surface area (Å²) in [6.07, 6.45) is 0. The standard InChI is InChI=1S/C14H10INO/c15-13-7-6-12(9-16)8-14(13)17-10-11-4-2-1-3-5-11/h1-8H,10H2. The number of halogens is 1. The lowest BCUT2D eigenvalue weighted by Gasteiger charge is -2.08. The monoisotopic (exact) mass is 335 g/mol. The fourth-order valence-electron chi connectivity index (χ4n) is 1.42. The lowest BCUT2D eigenvalue weighted by molar-refractivity contribution is 0.304. The van der Waals surface area contributed by atoms with E-state index >= 15 is 0 Å². The van der Waals surface area contributed by atoms with Gasteiger partial charge in [0, 0.05) is 0 Å². The summed E-state index contributed by atoms with van der Waals surface area (Å²) in [7, 11) is 0. The average Bonchev–Trinajstić information content (AvgIpc) is 2.39. The van der Waals surface area contributed by atoms with Gasteiger partial charge in [-0.25, -0.2) is 0 Å². The van der Waals surface area contributed by atoms with Crippen molar-refractivity contribution in [3.63, 3.8) is 0 Å². The molecule has 3 heteroatoms. The van der Waals surface area contributed by atoms with E-state index in [-0.39, 0.29) is 0 Å². The highest BCUT2D eigenvalue weighted by atomic mass is 127. The molecule has 0 spiro atoms. The third-order valence-corrected chi connectivity index (χ3v) is 3.19. The van der Waals surface area contributed by atoms with Crippen LogP contribution in [0, 0.1) is 14.9 Å². The van der Waals surface area contributed by atoms with Crippen LogP contribution in [0.15, 0.2) is 48.5 Å². The first kappa shape index (κ1) is 11.9. The minimum atomic E-state index is 0.520. The second kappa shape index (κ2) is 5.69. The number of nitrogens with zero attached hydrogens (tertiary/aromatic N) is 1. The first-order valence-electron chi connectivity index (χ1n) is 5.16. The van der Waals surface area contributed by atoms with Crippen LogP contribution in [-0.2, 0) is 6.61 Å². The van der Waals surface area contributed by atoms with Crippen LogP contribution < -0.4 is 4.74 Å². The van der Waals surface area contributed by atoms with Gasteiger partial charge in [0.1, 0.15) is 12.4 Å². The van der Waals surface area contributed by atoms with Gasteiger partial charge in [0.05, 0.1) is 15.2 Å². The van der Waals surface area contributed by atoms with Crippen molar-refractivity contribution in [2.45, 2.75) is 6.61 Å². The molecule has 0 unspecified atom stereocenters. The van der Waals surface area contributed by atoms with Crippen LogP contribution in [0.25, 0.3) is 0 Å². The van der Waals surface area contributed by atoms with Crippen molar-refractivity contribution in [3.05, 3.63) is 63.2 Å². The van der Waals surface area contributed by atoms with Gasteiger partial charge < -0.3 is 4.74 Å². The quantitative estimate of drug-likeness (QED) is 0.801. The second-order valence-electron chi connectivity index (χ2n) is 3.53. The molecule has 2 aromatic carbocycles. The van der Waals surface area contributed by atoms with Crippen molar-refractivity contribution in [3.8, 4) is 11.8 Å². The van der Waals surface area contributed by atoms with E-state index in [0.717, 1.165) is 14.9 Å². The largest absolute Gasteiger partial charge is 0.488 e. The molecule has 2 aromatic rings. The minimum Gasteiger partial charge on any atom is -0.488 e. The van der Waals surface area contributed by atoms with E-state index in [2.05, 4.69) is 28.7 Å². The summed E-state index contributed by atoms with van der Waals surface area (Å²) in [5.74, 6) is 0.758. The number of benzene rings is 2. The van der Waals surface area contributed by atoms with Crippen LogP contribution in [0.5, 0.6) is 5.75 Å². The summed E-state index contributed by atoms with van der Waals surface area (Å²) in [6.45, 7) is 0.520. The molecule has 0 fully saturated rings. The Morgan fingerprint density at radius 3 is 2.59 bits per heavy atom. The average molecular weight is 335 g/mol. The molecule has 0 saturated heterocycles. The maximum Gasteiger partial charge on any atom is 0.134 e. The molecule has 0 N–H and O–H groups in total. The summed E-state index contributed by atoms with van der Waals surface area (Å²) in [5.41, 5.74) is 1.74. The summed E-state index contributed by atoms with van der Waals surface area (Å²) in [6, 6.07) is 17.5. The summed E-state index contributed by atoms with van der Waals surface area (Å²) in [4.78, 5) is 0. The summed E-state index contributed by atoms with van der Waals surface area (Å²) < 4.78 is 6.72. The van der Waals surface area contributed by atoms with Crippen LogP contribution >= 0.6 is 22.6 Å². The van der Waals surface area contributed by atoms with E-state index in [1.54, 1.807) is 12.1 Å². The van der Waals surface area contributed by atoms with Crippen LogP contribution in [-0.4, -0.2) is 0 Å². The first-order chi connectivity index (χ1) is 8.29. The van der Waals surface area contributed by atoms with Gasteiger partial charge >= 0.3 is 0 Å². The normalized spacial score (nSPS) is 9.65. The Hall–Kier alpha value is -1.54. The Morgan fingerprint density at radius 2 is 1.88 bits per heavy atom. The first-order valence-corrected chi connectivity index (χ1v) is 6.24. The predicted molar refractivity (Wildman–Crippen MR) is 74.6 cm³/mol. The summed E-state index contributed by atoms with van der Waals surface area (Å²) in [5, 5.41) is 8.83. The molecule has 17 heavy (non-hydrogen) atoms. The molecule has 0 aliphatic heterocycles. The molecule has 0 aliphatic carbocycles. The zero-order chi connectivity index (χ0) is 12.1. The van der Waals surface area contributed by atoms with Gasteiger partial charge in [-0.2, -0.15) is 5.26 Å². The third kappa shape index (κ3) is 3.21. The molecule has 0 bridgehead atoms. The molecule has 2 nitrogen and oxygen atoms in total. The lowest BCUT2D eigenvalue weighted by Crippen LogP contribution is -1.97. The second-order valence-corrected chi connectivity index (χ2v) is 4.69. The molecular formula is C14H10INO. The third-order valence-electron chi connectivity index (χ3n) is 2.30. The lowest BCUT2D eigenvalue weighted by atomic mass is 10.2.